The molecule has 0 radical (unpaired) electrons. The van der Waals surface area contributed by atoms with Crippen molar-refractivity contribution in [3.8, 4) is 0 Å². The van der Waals surface area contributed by atoms with Crippen molar-refractivity contribution in [2.75, 3.05) is 26.2 Å². The second kappa shape index (κ2) is 6.80. The highest BCUT2D eigenvalue weighted by molar-refractivity contribution is 5.66. The molecule has 0 unspecified atom stereocenters. The Hall–Kier alpha value is -0.610. The highest BCUT2D eigenvalue weighted by atomic mass is 16.4. The van der Waals surface area contributed by atoms with Gasteiger partial charge >= 0.3 is 5.97 Å². The van der Waals surface area contributed by atoms with Crippen LogP contribution in [0.4, 0.5) is 0 Å². The fourth-order valence-corrected chi connectivity index (χ4v) is 2.06. The first-order valence-electron chi connectivity index (χ1n) is 5.90. The maximum atomic E-state index is 10.3. The van der Waals surface area contributed by atoms with E-state index in [0.29, 0.717) is 12.6 Å². The maximum Gasteiger partial charge on any atom is 0.304 e. The lowest BCUT2D eigenvalue weighted by Crippen LogP contribution is -2.43. The third-order valence-electron chi connectivity index (χ3n) is 2.90. The summed E-state index contributed by atoms with van der Waals surface area (Å²) < 4.78 is 0. The molecule has 1 heterocycles. The molecule has 0 aromatic heterocycles. The third kappa shape index (κ3) is 5.14. The minimum absolute atomic E-state index is 0.231. The zero-order valence-electron chi connectivity index (χ0n) is 9.54. The summed E-state index contributed by atoms with van der Waals surface area (Å²) in [5, 5.41) is 11.8. The summed E-state index contributed by atoms with van der Waals surface area (Å²) in [6.07, 6.45) is 3.76. The Morgan fingerprint density at radius 1 is 1.47 bits per heavy atom. The Morgan fingerprint density at radius 3 is 2.67 bits per heavy atom. The molecule has 0 bridgehead atoms. The molecular formula is C11H22N2O2. The Kier molecular flexibility index (Phi) is 5.65. The van der Waals surface area contributed by atoms with Crippen LogP contribution in [0.3, 0.4) is 0 Å². The number of carboxylic acid groups (broad SMARTS) is 1. The molecule has 2 N–H and O–H groups in total. The minimum atomic E-state index is -0.717. The zero-order valence-corrected chi connectivity index (χ0v) is 9.54. The molecule has 1 saturated heterocycles. The number of hydrogen-bond donors (Lipinski definition) is 2. The van der Waals surface area contributed by atoms with E-state index in [1.165, 1.54) is 13.0 Å². The average molecular weight is 214 g/mol. The molecule has 0 aromatic carbocycles. The van der Waals surface area contributed by atoms with Crippen LogP contribution in [0.5, 0.6) is 0 Å². The van der Waals surface area contributed by atoms with E-state index < -0.39 is 5.97 Å². The summed E-state index contributed by atoms with van der Waals surface area (Å²) in [7, 11) is 0. The summed E-state index contributed by atoms with van der Waals surface area (Å²) in [5.74, 6) is -0.717. The first kappa shape index (κ1) is 12.5. The Labute approximate surface area is 91.6 Å². The van der Waals surface area contributed by atoms with Gasteiger partial charge in [0, 0.05) is 12.6 Å². The van der Waals surface area contributed by atoms with E-state index in [9.17, 15) is 4.79 Å². The maximum absolute atomic E-state index is 10.3. The van der Waals surface area contributed by atoms with Crippen molar-refractivity contribution < 1.29 is 9.90 Å². The van der Waals surface area contributed by atoms with Crippen LogP contribution in [0.15, 0.2) is 0 Å². The molecule has 0 aliphatic carbocycles. The largest absolute Gasteiger partial charge is 0.481 e. The molecule has 4 heteroatoms. The number of hydrogen-bond acceptors (Lipinski definition) is 3. The van der Waals surface area contributed by atoms with Gasteiger partial charge in [0.1, 0.15) is 0 Å². The van der Waals surface area contributed by atoms with Crippen LogP contribution in [0.2, 0.25) is 0 Å². The van der Waals surface area contributed by atoms with Gasteiger partial charge in [0.15, 0.2) is 0 Å². The Bertz CT molecular complexity index is 189. The molecule has 1 aliphatic rings. The topological polar surface area (TPSA) is 52.6 Å². The summed E-state index contributed by atoms with van der Waals surface area (Å²) in [5.41, 5.74) is 0. The number of aliphatic carboxylic acids is 1. The van der Waals surface area contributed by atoms with E-state index in [1.807, 2.05) is 0 Å². The Balaban J connectivity index is 2.06. The van der Waals surface area contributed by atoms with Gasteiger partial charge in [-0.05, 0) is 38.9 Å². The molecule has 0 spiro atoms. The summed E-state index contributed by atoms with van der Waals surface area (Å²) in [6.45, 7) is 6.31. The smallest absolute Gasteiger partial charge is 0.304 e. The predicted octanol–water partition coefficient (Wildman–Crippen LogP) is 0.925. The highest BCUT2D eigenvalue weighted by Gasteiger charge is 2.17. The zero-order chi connectivity index (χ0) is 11.1. The number of piperidine rings is 1. The standard InChI is InChI=1S/C11H22N2O2/c1-2-7-13-8-4-10(5-9-13)12-6-3-11(14)15/h10,12H,2-9H2,1H3,(H,14,15). The SMILES string of the molecule is CCCN1CCC(NCCC(=O)O)CC1. The van der Waals surface area contributed by atoms with Crippen LogP contribution in [-0.4, -0.2) is 48.2 Å². The molecule has 88 valence electrons. The van der Waals surface area contributed by atoms with E-state index in [-0.39, 0.29) is 6.42 Å². The monoisotopic (exact) mass is 214 g/mol. The third-order valence-corrected chi connectivity index (χ3v) is 2.90. The van der Waals surface area contributed by atoms with Crippen LogP contribution in [0.1, 0.15) is 32.6 Å². The lowest BCUT2D eigenvalue weighted by atomic mass is 10.0. The van der Waals surface area contributed by atoms with Crippen LogP contribution in [-0.2, 0) is 4.79 Å². The van der Waals surface area contributed by atoms with Gasteiger partial charge in [0.2, 0.25) is 0 Å². The van der Waals surface area contributed by atoms with Crippen LogP contribution in [0, 0.1) is 0 Å². The van der Waals surface area contributed by atoms with Gasteiger partial charge in [-0.3, -0.25) is 4.79 Å². The van der Waals surface area contributed by atoms with Gasteiger partial charge in [-0.1, -0.05) is 6.92 Å². The molecule has 0 aromatic rings. The van der Waals surface area contributed by atoms with E-state index in [2.05, 4.69) is 17.1 Å². The molecule has 1 fully saturated rings. The average Bonchev–Trinajstić information content (AvgIpc) is 2.20. The second-order valence-corrected chi connectivity index (χ2v) is 4.21. The van der Waals surface area contributed by atoms with Crippen molar-refractivity contribution in [3.05, 3.63) is 0 Å². The van der Waals surface area contributed by atoms with Crippen LogP contribution in [0.25, 0.3) is 0 Å². The van der Waals surface area contributed by atoms with Crippen molar-refractivity contribution in [2.45, 2.75) is 38.6 Å². The molecule has 0 amide bonds. The number of nitrogens with one attached hydrogen (secondary N) is 1. The molecule has 15 heavy (non-hydrogen) atoms. The van der Waals surface area contributed by atoms with Gasteiger partial charge in [0.05, 0.1) is 6.42 Å². The number of carboxylic acids is 1. The number of rotatable bonds is 6. The molecule has 4 nitrogen and oxygen atoms in total. The number of carbonyl (C=O) groups is 1. The second-order valence-electron chi connectivity index (χ2n) is 4.21. The molecule has 1 rings (SSSR count). The van der Waals surface area contributed by atoms with Crippen LogP contribution < -0.4 is 5.32 Å². The predicted molar refractivity (Wildman–Crippen MR) is 60.0 cm³/mol. The molecule has 0 saturated carbocycles. The number of nitrogens with zero attached hydrogens (tertiary/aromatic N) is 1. The van der Waals surface area contributed by atoms with Crippen molar-refractivity contribution in [2.24, 2.45) is 0 Å². The molecule has 0 atom stereocenters. The van der Waals surface area contributed by atoms with Gasteiger partial charge < -0.3 is 15.3 Å². The normalized spacial score (nSPS) is 19.3. The lowest BCUT2D eigenvalue weighted by Gasteiger charge is -2.32. The molecule has 1 aliphatic heterocycles. The summed E-state index contributed by atoms with van der Waals surface area (Å²) >= 11 is 0. The minimum Gasteiger partial charge on any atom is -0.481 e. The van der Waals surface area contributed by atoms with E-state index in [4.69, 9.17) is 5.11 Å². The first-order valence-corrected chi connectivity index (χ1v) is 5.90. The van der Waals surface area contributed by atoms with Gasteiger partial charge in [0.25, 0.3) is 0 Å². The summed E-state index contributed by atoms with van der Waals surface area (Å²) in [4.78, 5) is 12.8. The van der Waals surface area contributed by atoms with E-state index in [0.717, 1.165) is 25.9 Å². The Morgan fingerprint density at radius 2 is 2.13 bits per heavy atom. The van der Waals surface area contributed by atoms with E-state index >= 15 is 0 Å². The highest BCUT2D eigenvalue weighted by Crippen LogP contribution is 2.10. The van der Waals surface area contributed by atoms with Crippen molar-refractivity contribution in [1.29, 1.82) is 0 Å². The van der Waals surface area contributed by atoms with Gasteiger partial charge in [-0.15, -0.1) is 0 Å². The van der Waals surface area contributed by atoms with Crippen molar-refractivity contribution in [3.63, 3.8) is 0 Å². The lowest BCUT2D eigenvalue weighted by molar-refractivity contribution is -0.136. The van der Waals surface area contributed by atoms with E-state index in [1.54, 1.807) is 0 Å². The van der Waals surface area contributed by atoms with Crippen molar-refractivity contribution in [1.82, 2.24) is 10.2 Å². The quantitative estimate of drug-likeness (QED) is 0.690. The fraction of sp³-hybridized carbons (Fsp3) is 0.909. The fourth-order valence-electron chi connectivity index (χ4n) is 2.06. The number of likely N-dealkylation sites (tertiary alicyclic amines) is 1. The van der Waals surface area contributed by atoms with Gasteiger partial charge in [-0.25, -0.2) is 0 Å². The van der Waals surface area contributed by atoms with Crippen molar-refractivity contribution >= 4 is 5.97 Å². The summed E-state index contributed by atoms with van der Waals surface area (Å²) in [6, 6.07) is 0.525. The van der Waals surface area contributed by atoms with Gasteiger partial charge in [-0.2, -0.15) is 0 Å². The molecular weight excluding hydrogens is 192 g/mol. The van der Waals surface area contributed by atoms with Crippen LogP contribution >= 0.6 is 0 Å². The first-order chi connectivity index (χ1) is 7.22.